The zero-order chi connectivity index (χ0) is 16.7. The van der Waals surface area contributed by atoms with E-state index in [1.807, 2.05) is 5.38 Å². The molecular formula is C14H7F3N6S. The van der Waals surface area contributed by atoms with Crippen molar-refractivity contribution >= 4 is 17.3 Å². The van der Waals surface area contributed by atoms with Gasteiger partial charge in [-0.1, -0.05) is 0 Å². The molecule has 10 heteroatoms. The fraction of sp³-hybridized carbons (Fsp3) is 0.0714. The lowest BCUT2D eigenvalue weighted by molar-refractivity contribution is -0.141. The number of rotatable bonds is 2. The van der Waals surface area contributed by atoms with Crippen molar-refractivity contribution in [3.05, 3.63) is 48.0 Å². The summed E-state index contributed by atoms with van der Waals surface area (Å²) in [5.41, 5.74) is 0.973. The second kappa shape index (κ2) is 5.34. The van der Waals surface area contributed by atoms with Crippen LogP contribution in [0.5, 0.6) is 0 Å². The van der Waals surface area contributed by atoms with E-state index in [1.54, 1.807) is 18.5 Å². The molecule has 120 valence electrons. The van der Waals surface area contributed by atoms with E-state index in [-0.39, 0.29) is 5.78 Å². The maximum atomic E-state index is 12.7. The standard InChI is InChI=1S/C14H7F3N6S/c15-14(16,17)11-2-4-23-10(6-19-13(23)22-11)12-18-3-1-9(21-12)8-5-20-24-7-8/h1-7H. The lowest BCUT2D eigenvalue weighted by Gasteiger charge is -2.06. The Labute approximate surface area is 136 Å². The molecule has 0 saturated heterocycles. The van der Waals surface area contributed by atoms with Gasteiger partial charge in [0.15, 0.2) is 5.82 Å². The van der Waals surface area contributed by atoms with Gasteiger partial charge in [-0.25, -0.2) is 24.3 Å². The van der Waals surface area contributed by atoms with Crippen molar-refractivity contribution in [3.8, 4) is 22.8 Å². The van der Waals surface area contributed by atoms with Gasteiger partial charge in [0.2, 0.25) is 5.78 Å². The molecule has 4 heterocycles. The highest BCUT2D eigenvalue weighted by molar-refractivity contribution is 7.03. The van der Waals surface area contributed by atoms with E-state index in [9.17, 15) is 13.2 Å². The summed E-state index contributed by atoms with van der Waals surface area (Å²) >= 11 is 1.30. The molecule has 0 radical (unpaired) electrons. The summed E-state index contributed by atoms with van der Waals surface area (Å²) in [6.07, 6.45) is 1.40. The van der Waals surface area contributed by atoms with Crippen LogP contribution in [-0.2, 0) is 6.18 Å². The average molecular weight is 348 g/mol. The molecule has 0 aliphatic rings. The first-order valence-electron chi connectivity index (χ1n) is 6.67. The summed E-state index contributed by atoms with van der Waals surface area (Å²) in [7, 11) is 0. The Morgan fingerprint density at radius 2 is 1.92 bits per heavy atom. The smallest absolute Gasteiger partial charge is 0.281 e. The normalized spacial score (nSPS) is 12.0. The van der Waals surface area contributed by atoms with Crippen molar-refractivity contribution < 1.29 is 13.2 Å². The predicted molar refractivity (Wildman–Crippen MR) is 80.1 cm³/mol. The van der Waals surface area contributed by atoms with Gasteiger partial charge < -0.3 is 0 Å². The largest absolute Gasteiger partial charge is 0.433 e. The first-order chi connectivity index (χ1) is 11.5. The van der Waals surface area contributed by atoms with Gasteiger partial charge in [-0.3, -0.25) is 4.40 Å². The third-order valence-corrected chi connectivity index (χ3v) is 3.87. The SMILES string of the molecule is FC(F)(F)c1ccn2c(-c3nccc(-c4cnsc4)n3)cnc2n1. The molecule has 0 atom stereocenters. The van der Waals surface area contributed by atoms with Gasteiger partial charge in [0.1, 0.15) is 11.4 Å². The van der Waals surface area contributed by atoms with Gasteiger partial charge in [-0.05, 0) is 23.7 Å². The van der Waals surface area contributed by atoms with Crippen LogP contribution >= 0.6 is 11.5 Å². The lowest BCUT2D eigenvalue weighted by Crippen LogP contribution is -2.09. The van der Waals surface area contributed by atoms with E-state index in [2.05, 4.69) is 24.3 Å². The lowest BCUT2D eigenvalue weighted by atomic mass is 10.2. The van der Waals surface area contributed by atoms with Gasteiger partial charge in [0.05, 0.1) is 18.1 Å². The maximum absolute atomic E-state index is 12.7. The molecule has 6 nitrogen and oxygen atoms in total. The summed E-state index contributed by atoms with van der Waals surface area (Å²) in [5, 5.41) is 1.85. The van der Waals surface area contributed by atoms with Crippen molar-refractivity contribution in [1.29, 1.82) is 0 Å². The zero-order valence-electron chi connectivity index (χ0n) is 11.8. The van der Waals surface area contributed by atoms with Crippen molar-refractivity contribution in [2.45, 2.75) is 6.18 Å². The molecule has 0 saturated carbocycles. The highest BCUT2D eigenvalue weighted by atomic mass is 32.1. The Morgan fingerprint density at radius 1 is 1.04 bits per heavy atom. The summed E-state index contributed by atoms with van der Waals surface area (Å²) in [6.45, 7) is 0. The van der Waals surface area contributed by atoms with E-state index in [1.165, 1.54) is 28.3 Å². The minimum Gasteiger partial charge on any atom is -0.281 e. The van der Waals surface area contributed by atoms with Gasteiger partial charge >= 0.3 is 6.18 Å². The molecule has 0 spiro atoms. The average Bonchev–Trinajstić information content (AvgIpc) is 3.23. The number of nitrogens with zero attached hydrogens (tertiary/aromatic N) is 6. The van der Waals surface area contributed by atoms with Gasteiger partial charge in [-0.15, -0.1) is 0 Å². The van der Waals surface area contributed by atoms with Crippen molar-refractivity contribution in [3.63, 3.8) is 0 Å². The molecule has 0 aromatic carbocycles. The van der Waals surface area contributed by atoms with Crippen LogP contribution < -0.4 is 0 Å². The minimum absolute atomic E-state index is 0.0639. The fourth-order valence-electron chi connectivity index (χ4n) is 2.17. The molecular weight excluding hydrogens is 341 g/mol. The van der Waals surface area contributed by atoms with Gasteiger partial charge in [0.25, 0.3) is 0 Å². The molecule has 0 bridgehead atoms. The quantitative estimate of drug-likeness (QED) is 0.556. The number of halogens is 3. The monoisotopic (exact) mass is 348 g/mol. The van der Waals surface area contributed by atoms with E-state index >= 15 is 0 Å². The van der Waals surface area contributed by atoms with Gasteiger partial charge in [-0.2, -0.15) is 13.2 Å². The van der Waals surface area contributed by atoms with Crippen LogP contribution in [0, 0.1) is 0 Å². The Hall–Kier alpha value is -2.88. The summed E-state index contributed by atoms with van der Waals surface area (Å²) in [5.74, 6) is 0.277. The first kappa shape index (κ1) is 14.7. The summed E-state index contributed by atoms with van der Waals surface area (Å²) in [6, 6.07) is 2.63. The Balaban J connectivity index is 1.81. The van der Waals surface area contributed by atoms with Crippen molar-refractivity contribution in [2.24, 2.45) is 0 Å². The molecule has 4 aromatic heterocycles. The molecule has 0 fully saturated rings. The third-order valence-electron chi connectivity index (χ3n) is 3.28. The van der Waals surface area contributed by atoms with Crippen molar-refractivity contribution in [1.82, 2.24) is 28.7 Å². The molecule has 0 N–H and O–H groups in total. The Kier molecular flexibility index (Phi) is 3.27. The fourth-order valence-corrected chi connectivity index (χ4v) is 2.70. The third kappa shape index (κ3) is 2.50. The van der Waals surface area contributed by atoms with E-state index in [4.69, 9.17) is 0 Å². The van der Waals surface area contributed by atoms with Crippen LogP contribution in [0.3, 0.4) is 0 Å². The number of aromatic nitrogens is 6. The first-order valence-corrected chi connectivity index (χ1v) is 7.50. The maximum Gasteiger partial charge on any atom is 0.433 e. The number of hydrogen-bond acceptors (Lipinski definition) is 6. The van der Waals surface area contributed by atoms with Crippen molar-refractivity contribution in [2.75, 3.05) is 0 Å². The Morgan fingerprint density at radius 3 is 2.67 bits per heavy atom. The molecule has 4 aromatic rings. The number of imidazole rings is 1. The molecule has 0 amide bonds. The number of fused-ring (bicyclic) bond motifs is 1. The van der Waals surface area contributed by atoms with Gasteiger partial charge in [0, 0.05) is 23.3 Å². The van der Waals surface area contributed by atoms with E-state index in [0.717, 1.165) is 11.6 Å². The van der Waals surface area contributed by atoms with Crippen LogP contribution in [0.1, 0.15) is 5.69 Å². The molecule has 4 rings (SSSR count). The highest BCUT2D eigenvalue weighted by Gasteiger charge is 2.33. The van der Waals surface area contributed by atoms with Crippen LogP contribution in [0.4, 0.5) is 13.2 Å². The van der Waals surface area contributed by atoms with E-state index in [0.29, 0.717) is 17.2 Å². The van der Waals surface area contributed by atoms with Crippen LogP contribution in [-0.4, -0.2) is 28.7 Å². The molecule has 0 unspecified atom stereocenters. The number of alkyl halides is 3. The van der Waals surface area contributed by atoms with Crippen LogP contribution in [0.2, 0.25) is 0 Å². The summed E-state index contributed by atoms with van der Waals surface area (Å²) in [4.78, 5) is 16.0. The highest BCUT2D eigenvalue weighted by Crippen LogP contribution is 2.28. The predicted octanol–water partition coefficient (Wildman–Crippen LogP) is 3.33. The molecule has 0 aliphatic carbocycles. The summed E-state index contributed by atoms with van der Waals surface area (Å²) < 4.78 is 43.6. The van der Waals surface area contributed by atoms with Crippen LogP contribution in [0.15, 0.2) is 42.3 Å². The zero-order valence-corrected chi connectivity index (χ0v) is 12.6. The number of hydrogen-bond donors (Lipinski definition) is 0. The molecule has 24 heavy (non-hydrogen) atoms. The topological polar surface area (TPSA) is 68.9 Å². The van der Waals surface area contributed by atoms with E-state index < -0.39 is 11.9 Å². The second-order valence-electron chi connectivity index (χ2n) is 4.80. The second-order valence-corrected chi connectivity index (χ2v) is 5.46. The van der Waals surface area contributed by atoms with Crippen LogP contribution in [0.25, 0.3) is 28.6 Å². The minimum atomic E-state index is -4.52. The molecule has 0 aliphatic heterocycles. The Bertz CT molecular complexity index is 1010.